The topological polar surface area (TPSA) is 119 Å². The molecular weight excluding hydrogens is 280 g/mol. The van der Waals surface area contributed by atoms with E-state index in [-0.39, 0.29) is 11.7 Å². The number of nitrogens with one attached hydrogen (secondary N) is 2. The van der Waals surface area contributed by atoms with Crippen molar-refractivity contribution in [3.8, 4) is 0 Å². The van der Waals surface area contributed by atoms with Crippen LogP contribution in [0, 0.1) is 6.92 Å². The lowest BCUT2D eigenvalue weighted by Crippen LogP contribution is -2.26. The summed E-state index contributed by atoms with van der Waals surface area (Å²) in [5.74, 6) is 0.201. The highest BCUT2D eigenvalue weighted by Gasteiger charge is 2.13. The molecule has 0 aliphatic carbocycles. The number of aromatic nitrogens is 2. The van der Waals surface area contributed by atoms with E-state index in [1.807, 2.05) is 38.1 Å². The van der Waals surface area contributed by atoms with Crippen molar-refractivity contribution in [2.75, 3.05) is 17.2 Å². The van der Waals surface area contributed by atoms with Gasteiger partial charge in [0, 0.05) is 18.3 Å². The van der Waals surface area contributed by atoms with Crippen LogP contribution in [0.15, 0.2) is 30.5 Å². The standard InChI is InChI=1S/C15H20N6O/c1-9-4-3-5-11(6-9)20-15-13(14(17)22)19-8-12(21-15)18-7-10(2)16/h3-6,8,10H,7,16H2,1-2H3,(H2,17,22)(H2,18,20,21). The highest BCUT2D eigenvalue weighted by Crippen LogP contribution is 2.20. The molecule has 1 atom stereocenters. The number of carbonyl (C=O) groups is 1. The first-order valence-electron chi connectivity index (χ1n) is 6.95. The molecule has 1 amide bonds. The molecule has 0 bridgehead atoms. The Morgan fingerprint density at radius 2 is 2.18 bits per heavy atom. The molecule has 6 N–H and O–H groups in total. The van der Waals surface area contributed by atoms with Gasteiger partial charge in [-0.2, -0.15) is 0 Å². The van der Waals surface area contributed by atoms with Gasteiger partial charge in [-0.15, -0.1) is 0 Å². The van der Waals surface area contributed by atoms with Crippen LogP contribution in [0.25, 0.3) is 0 Å². The van der Waals surface area contributed by atoms with Crippen molar-refractivity contribution < 1.29 is 4.79 Å². The molecule has 7 nitrogen and oxygen atoms in total. The lowest BCUT2D eigenvalue weighted by Gasteiger charge is -2.12. The number of carbonyl (C=O) groups excluding carboxylic acids is 1. The number of anilines is 3. The molecule has 1 unspecified atom stereocenters. The van der Waals surface area contributed by atoms with Gasteiger partial charge in [0.05, 0.1) is 6.20 Å². The zero-order chi connectivity index (χ0) is 16.1. The maximum Gasteiger partial charge on any atom is 0.271 e. The molecule has 0 saturated heterocycles. The fourth-order valence-corrected chi connectivity index (χ4v) is 1.87. The molecule has 0 aliphatic rings. The van der Waals surface area contributed by atoms with Gasteiger partial charge in [0.1, 0.15) is 5.82 Å². The smallest absolute Gasteiger partial charge is 0.271 e. The predicted octanol–water partition coefficient (Wildman–Crippen LogP) is 1.39. The Hall–Kier alpha value is -2.67. The van der Waals surface area contributed by atoms with E-state index in [0.717, 1.165) is 11.3 Å². The van der Waals surface area contributed by atoms with Crippen molar-refractivity contribution in [1.82, 2.24) is 9.97 Å². The van der Waals surface area contributed by atoms with E-state index < -0.39 is 5.91 Å². The second-order valence-corrected chi connectivity index (χ2v) is 5.17. The van der Waals surface area contributed by atoms with Crippen molar-refractivity contribution in [3.63, 3.8) is 0 Å². The Kier molecular flexibility index (Phi) is 4.90. The fourth-order valence-electron chi connectivity index (χ4n) is 1.87. The third-order valence-corrected chi connectivity index (χ3v) is 2.89. The number of amides is 1. The molecule has 2 aromatic rings. The van der Waals surface area contributed by atoms with Crippen LogP contribution in [0.1, 0.15) is 23.0 Å². The number of hydrogen-bond acceptors (Lipinski definition) is 6. The van der Waals surface area contributed by atoms with E-state index >= 15 is 0 Å². The number of hydrogen-bond donors (Lipinski definition) is 4. The van der Waals surface area contributed by atoms with Gasteiger partial charge in [-0.3, -0.25) is 4.79 Å². The summed E-state index contributed by atoms with van der Waals surface area (Å²) in [5.41, 5.74) is 13.0. The summed E-state index contributed by atoms with van der Waals surface area (Å²) < 4.78 is 0. The maximum absolute atomic E-state index is 11.5. The Morgan fingerprint density at radius 3 is 2.82 bits per heavy atom. The third-order valence-electron chi connectivity index (χ3n) is 2.89. The molecule has 7 heteroatoms. The van der Waals surface area contributed by atoms with Gasteiger partial charge in [0.25, 0.3) is 5.91 Å². The summed E-state index contributed by atoms with van der Waals surface area (Å²) in [6, 6.07) is 7.68. The molecule has 0 radical (unpaired) electrons. The number of rotatable bonds is 6. The molecule has 1 aromatic carbocycles. The second-order valence-electron chi connectivity index (χ2n) is 5.17. The van der Waals surface area contributed by atoms with E-state index in [2.05, 4.69) is 20.6 Å². The highest BCUT2D eigenvalue weighted by molar-refractivity contribution is 5.96. The molecule has 2 rings (SSSR count). The molecule has 0 fully saturated rings. The minimum Gasteiger partial charge on any atom is -0.367 e. The van der Waals surface area contributed by atoms with E-state index in [9.17, 15) is 4.79 Å². The average molecular weight is 300 g/mol. The summed E-state index contributed by atoms with van der Waals surface area (Å²) in [6.45, 7) is 4.41. The number of benzene rings is 1. The molecule has 1 heterocycles. The van der Waals surface area contributed by atoms with Crippen LogP contribution < -0.4 is 22.1 Å². The Balaban J connectivity index is 2.29. The minimum absolute atomic E-state index is 0.0224. The zero-order valence-electron chi connectivity index (χ0n) is 12.6. The summed E-state index contributed by atoms with van der Waals surface area (Å²) in [5, 5.41) is 6.13. The number of nitrogens with zero attached hydrogens (tertiary/aromatic N) is 2. The van der Waals surface area contributed by atoms with Crippen LogP contribution in [0.5, 0.6) is 0 Å². The second kappa shape index (κ2) is 6.86. The van der Waals surface area contributed by atoms with Gasteiger partial charge < -0.3 is 22.1 Å². The maximum atomic E-state index is 11.5. The van der Waals surface area contributed by atoms with E-state index in [0.29, 0.717) is 18.2 Å². The van der Waals surface area contributed by atoms with Crippen LogP contribution in [-0.2, 0) is 0 Å². The summed E-state index contributed by atoms with van der Waals surface area (Å²) in [6.07, 6.45) is 1.46. The number of aryl methyl sites for hydroxylation is 1. The van der Waals surface area contributed by atoms with Crippen molar-refractivity contribution in [2.24, 2.45) is 11.5 Å². The summed E-state index contributed by atoms with van der Waals surface area (Å²) >= 11 is 0. The quantitative estimate of drug-likeness (QED) is 0.640. The van der Waals surface area contributed by atoms with Gasteiger partial charge in [-0.25, -0.2) is 9.97 Å². The number of nitrogens with two attached hydrogens (primary N) is 2. The molecule has 22 heavy (non-hydrogen) atoms. The van der Waals surface area contributed by atoms with E-state index in [4.69, 9.17) is 11.5 Å². The highest BCUT2D eigenvalue weighted by atomic mass is 16.1. The Morgan fingerprint density at radius 1 is 1.41 bits per heavy atom. The van der Waals surface area contributed by atoms with Gasteiger partial charge in [-0.05, 0) is 31.5 Å². The first-order valence-corrected chi connectivity index (χ1v) is 6.95. The lowest BCUT2D eigenvalue weighted by molar-refractivity contribution is 0.0996. The monoisotopic (exact) mass is 300 g/mol. The average Bonchev–Trinajstić information content (AvgIpc) is 2.45. The fraction of sp³-hybridized carbons (Fsp3) is 0.267. The van der Waals surface area contributed by atoms with Crippen LogP contribution >= 0.6 is 0 Å². The van der Waals surface area contributed by atoms with Crippen LogP contribution in [-0.4, -0.2) is 28.5 Å². The van der Waals surface area contributed by atoms with Gasteiger partial charge >= 0.3 is 0 Å². The van der Waals surface area contributed by atoms with Gasteiger partial charge in [0.2, 0.25) is 0 Å². The van der Waals surface area contributed by atoms with Crippen molar-refractivity contribution in [2.45, 2.75) is 19.9 Å². The van der Waals surface area contributed by atoms with Gasteiger partial charge in [0.15, 0.2) is 11.5 Å². The normalized spacial score (nSPS) is 11.8. The first-order chi connectivity index (χ1) is 10.5. The SMILES string of the molecule is Cc1cccc(Nc2nc(NCC(C)N)cnc2C(N)=O)c1. The molecule has 1 aromatic heterocycles. The van der Waals surface area contributed by atoms with Crippen LogP contribution in [0.3, 0.4) is 0 Å². The van der Waals surface area contributed by atoms with Crippen LogP contribution in [0.4, 0.5) is 17.3 Å². The Labute approximate surface area is 129 Å². The summed E-state index contributed by atoms with van der Waals surface area (Å²) in [7, 11) is 0. The van der Waals surface area contributed by atoms with E-state index in [1.54, 1.807) is 0 Å². The van der Waals surface area contributed by atoms with Crippen molar-refractivity contribution in [3.05, 3.63) is 41.7 Å². The Bertz CT molecular complexity index is 671. The molecule has 0 aliphatic heterocycles. The molecule has 0 spiro atoms. The molecule has 0 saturated carbocycles. The van der Waals surface area contributed by atoms with Crippen molar-refractivity contribution >= 4 is 23.2 Å². The number of primary amides is 1. The minimum atomic E-state index is -0.638. The largest absolute Gasteiger partial charge is 0.367 e. The zero-order valence-corrected chi connectivity index (χ0v) is 12.6. The molecular formula is C15H20N6O. The predicted molar refractivity (Wildman–Crippen MR) is 87.2 cm³/mol. The summed E-state index contributed by atoms with van der Waals surface area (Å²) in [4.78, 5) is 19.9. The first kappa shape index (κ1) is 15.7. The van der Waals surface area contributed by atoms with E-state index in [1.165, 1.54) is 6.20 Å². The van der Waals surface area contributed by atoms with Crippen molar-refractivity contribution in [1.29, 1.82) is 0 Å². The third kappa shape index (κ3) is 4.16. The van der Waals surface area contributed by atoms with Gasteiger partial charge in [-0.1, -0.05) is 12.1 Å². The van der Waals surface area contributed by atoms with Crippen LogP contribution in [0.2, 0.25) is 0 Å². The lowest BCUT2D eigenvalue weighted by atomic mass is 10.2. The molecule has 116 valence electrons.